The third-order valence-corrected chi connectivity index (χ3v) is 3.98. The second-order valence-electron chi connectivity index (χ2n) is 5.86. The van der Waals surface area contributed by atoms with E-state index in [9.17, 15) is 0 Å². The quantitative estimate of drug-likeness (QED) is 0.475. The molecule has 0 spiro atoms. The normalized spacial score (nSPS) is 13.6. The van der Waals surface area contributed by atoms with Crippen LogP contribution in [0.1, 0.15) is 15.6 Å². The third-order valence-electron chi connectivity index (χ3n) is 3.98. The van der Waals surface area contributed by atoms with Crippen molar-refractivity contribution in [1.82, 2.24) is 40.0 Å². The highest BCUT2D eigenvalue weighted by atomic mass is 16.5. The first-order valence-electron chi connectivity index (χ1n) is 9.50. The van der Waals surface area contributed by atoms with Crippen molar-refractivity contribution < 1.29 is 13.4 Å². The number of nitrogens with zero attached hydrogens (tertiary/aromatic N) is 8. The molecule has 4 heterocycles. The van der Waals surface area contributed by atoms with Crippen molar-refractivity contribution in [2.24, 2.45) is 7.05 Å². The zero-order valence-corrected chi connectivity index (χ0v) is 14.1. The van der Waals surface area contributed by atoms with Gasteiger partial charge in [0.15, 0.2) is 11.3 Å². The molecule has 5 aromatic rings. The Hall–Kier alpha value is -3.82. The van der Waals surface area contributed by atoms with Gasteiger partial charge in [-0.15, -0.1) is 20.4 Å². The first-order valence-corrected chi connectivity index (χ1v) is 8.00. The van der Waals surface area contributed by atoms with E-state index in [1.165, 1.54) is 10.6 Å². The summed E-state index contributed by atoms with van der Waals surface area (Å²) in [6.07, 6.45) is 1.75. The molecule has 0 bridgehead atoms. The van der Waals surface area contributed by atoms with Gasteiger partial charge in [0.25, 0.3) is 0 Å². The lowest BCUT2D eigenvalue weighted by Crippen LogP contribution is -2.03. The van der Waals surface area contributed by atoms with E-state index in [-0.39, 0.29) is 23.9 Å². The molecule has 0 fully saturated rings. The largest absolute Gasteiger partial charge is 0.470 e. The van der Waals surface area contributed by atoms with E-state index in [1.807, 2.05) is 24.3 Å². The molecule has 4 aromatic heterocycles. The Morgan fingerprint density at radius 2 is 2.07 bits per heavy atom. The first-order chi connectivity index (χ1) is 14.4. The van der Waals surface area contributed by atoms with Crippen LogP contribution in [0.3, 0.4) is 0 Å². The van der Waals surface area contributed by atoms with Crippen LogP contribution in [-0.2, 0) is 13.7 Å². The second-order valence-corrected chi connectivity index (χ2v) is 5.86. The first kappa shape index (κ1) is 12.5. The Morgan fingerprint density at radius 3 is 2.85 bits per heavy atom. The SMILES string of the molecule is [2H]C([2H])([2H])c1cc(-c2nnc3c4ccccc4c(OCc4cn(C)nn4)nn23)no1. The summed E-state index contributed by atoms with van der Waals surface area (Å²) in [5.74, 6) is 0.331. The van der Waals surface area contributed by atoms with E-state index in [0.717, 1.165) is 10.8 Å². The van der Waals surface area contributed by atoms with Crippen LogP contribution in [0.5, 0.6) is 5.88 Å². The minimum Gasteiger partial charge on any atom is -0.470 e. The van der Waals surface area contributed by atoms with Gasteiger partial charge in [-0.1, -0.05) is 28.6 Å². The average Bonchev–Trinajstić information content (AvgIpc) is 3.44. The predicted molar refractivity (Wildman–Crippen MR) is 93.9 cm³/mol. The summed E-state index contributed by atoms with van der Waals surface area (Å²) in [7, 11) is 1.77. The van der Waals surface area contributed by atoms with Gasteiger partial charge >= 0.3 is 0 Å². The van der Waals surface area contributed by atoms with Crippen molar-refractivity contribution in [2.45, 2.75) is 13.5 Å². The highest BCUT2D eigenvalue weighted by Gasteiger charge is 2.18. The van der Waals surface area contributed by atoms with Crippen LogP contribution in [0.4, 0.5) is 0 Å². The summed E-state index contributed by atoms with van der Waals surface area (Å²) in [5.41, 5.74) is 1.33. The van der Waals surface area contributed by atoms with Gasteiger partial charge in [-0.05, 0) is 12.9 Å². The lowest BCUT2D eigenvalue weighted by Gasteiger charge is -2.08. The Kier molecular flexibility index (Phi) is 2.72. The smallest absolute Gasteiger partial charge is 0.240 e. The molecule has 10 nitrogen and oxygen atoms in total. The number of aromatic nitrogens is 8. The van der Waals surface area contributed by atoms with Crippen molar-refractivity contribution in [3.63, 3.8) is 0 Å². The van der Waals surface area contributed by atoms with Crippen LogP contribution in [0, 0.1) is 6.85 Å². The molecule has 134 valence electrons. The van der Waals surface area contributed by atoms with Crippen LogP contribution in [0.15, 0.2) is 41.1 Å². The lowest BCUT2D eigenvalue weighted by atomic mass is 10.2. The fourth-order valence-corrected chi connectivity index (χ4v) is 2.80. The molecule has 0 amide bonds. The van der Waals surface area contributed by atoms with Gasteiger partial charge < -0.3 is 9.26 Å². The zero-order chi connectivity index (χ0) is 20.9. The summed E-state index contributed by atoms with van der Waals surface area (Å²) >= 11 is 0. The summed E-state index contributed by atoms with van der Waals surface area (Å²) in [6.45, 7) is -2.25. The standard InChI is InChI=1S/C17H14N8O2/c1-10-7-14(22-27-10)16-20-19-15-12-5-3-4-6-13(12)17(21-25(15)16)26-9-11-8-24(2)23-18-11/h3-8H,9H2,1-2H3/i1D3. The second kappa shape index (κ2) is 5.87. The summed E-state index contributed by atoms with van der Waals surface area (Å²) in [6, 6.07) is 8.78. The van der Waals surface area contributed by atoms with Gasteiger partial charge in [0, 0.05) is 28.0 Å². The van der Waals surface area contributed by atoms with E-state index in [4.69, 9.17) is 13.4 Å². The van der Waals surface area contributed by atoms with Gasteiger partial charge in [0.2, 0.25) is 11.7 Å². The Balaban J connectivity index is 1.62. The topological polar surface area (TPSA) is 109 Å². The number of rotatable bonds is 4. The molecule has 0 unspecified atom stereocenters. The number of ether oxygens (including phenoxy) is 1. The molecule has 10 heteroatoms. The Labute approximate surface area is 156 Å². The molecule has 0 saturated carbocycles. The number of hydrogen-bond donors (Lipinski definition) is 0. The average molecular weight is 365 g/mol. The van der Waals surface area contributed by atoms with Crippen molar-refractivity contribution >= 4 is 16.4 Å². The summed E-state index contributed by atoms with van der Waals surface area (Å²) in [4.78, 5) is 0. The molecule has 0 aliphatic heterocycles. The van der Waals surface area contributed by atoms with Crippen LogP contribution in [0.2, 0.25) is 0 Å². The highest BCUT2D eigenvalue weighted by Crippen LogP contribution is 2.29. The molecular formula is C17H14N8O2. The number of hydrogen-bond acceptors (Lipinski definition) is 8. The summed E-state index contributed by atoms with van der Waals surface area (Å²) in [5, 5.41) is 26.1. The third kappa shape index (κ3) is 2.58. The Bertz CT molecular complexity index is 1370. The summed E-state index contributed by atoms with van der Waals surface area (Å²) < 4.78 is 36.3. The van der Waals surface area contributed by atoms with Crippen molar-refractivity contribution in [1.29, 1.82) is 0 Å². The van der Waals surface area contributed by atoms with Gasteiger partial charge in [-0.2, -0.15) is 4.52 Å². The number of aryl methyl sites for hydroxylation is 2. The maximum atomic E-state index is 7.46. The van der Waals surface area contributed by atoms with Gasteiger partial charge in [-0.3, -0.25) is 4.68 Å². The van der Waals surface area contributed by atoms with Gasteiger partial charge in [-0.25, -0.2) is 0 Å². The molecule has 0 atom stereocenters. The Morgan fingerprint density at radius 1 is 1.19 bits per heavy atom. The fourth-order valence-electron chi connectivity index (χ4n) is 2.80. The molecule has 0 aliphatic carbocycles. The van der Waals surface area contributed by atoms with Crippen LogP contribution in [-0.4, -0.2) is 40.0 Å². The number of benzene rings is 1. The van der Waals surface area contributed by atoms with Crippen LogP contribution < -0.4 is 4.74 Å². The minimum absolute atomic E-state index is 0.168. The molecular weight excluding hydrogens is 348 g/mol. The van der Waals surface area contributed by atoms with Gasteiger partial charge in [0.1, 0.15) is 18.1 Å². The maximum absolute atomic E-state index is 7.46. The van der Waals surface area contributed by atoms with Gasteiger partial charge in [0.05, 0.1) is 6.20 Å². The molecule has 0 radical (unpaired) electrons. The van der Waals surface area contributed by atoms with Crippen LogP contribution >= 0.6 is 0 Å². The number of fused-ring (bicyclic) bond motifs is 3. The van der Waals surface area contributed by atoms with E-state index in [0.29, 0.717) is 17.2 Å². The molecule has 0 N–H and O–H groups in total. The minimum atomic E-state index is -2.42. The lowest BCUT2D eigenvalue weighted by molar-refractivity contribution is 0.289. The molecule has 27 heavy (non-hydrogen) atoms. The van der Waals surface area contributed by atoms with Crippen molar-refractivity contribution in [2.75, 3.05) is 0 Å². The predicted octanol–water partition coefficient (Wildman–Crippen LogP) is 1.95. The molecule has 0 saturated heterocycles. The molecule has 5 rings (SSSR count). The van der Waals surface area contributed by atoms with E-state index in [1.54, 1.807) is 17.9 Å². The monoisotopic (exact) mass is 365 g/mol. The van der Waals surface area contributed by atoms with Crippen LogP contribution in [0.25, 0.3) is 27.9 Å². The van der Waals surface area contributed by atoms with Crippen molar-refractivity contribution in [3.05, 3.63) is 48.0 Å². The highest BCUT2D eigenvalue weighted by molar-refractivity contribution is 5.96. The zero-order valence-electron chi connectivity index (χ0n) is 17.1. The molecule has 1 aromatic carbocycles. The van der Waals surface area contributed by atoms with E-state index in [2.05, 4.69) is 30.8 Å². The van der Waals surface area contributed by atoms with E-state index < -0.39 is 6.85 Å². The maximum Gasteiger partial charge on any atom is 0.240 e. The molecule has 0 aliphatic rings. The fraction of sp³-hybridized carbons (Fsp3) is 0.176. The van der Waals surface area contributed by atoms with E-state index >= 15 is 0 Å². The van der Waals surface area contributed by atoms with Crippen molar-refractivity contribution in [3.8, 4) is 17.4 Å².